The fourth-order valence-corrected chi connectivity index (χ4v) is 5.83. The summed E-state index contributed by atoms with van der Waals surface area (Å²) in [6, 6.07) is 15.9. The number of carbonyl (C=O) groups excluding carboxylic acids is 1. The maximum atomic E-state index is 13.1. The van der Waals surface area contributed by atoms with E-state index < -0.39 is 10.0 Å². The van der Waals surface area contributed by atoms with Gasteiger partial charge in [0, 0.05) is 52.0 Å². The highest BCUT2D eigenvalue weighted by Crippen LogP contribution is 2.26. The van der Waals surface area contributed by atoms with Crippen LogP contribution in [0, 0.1) is 0 Å². The Morgan fingerprint density at radius 1 is 1.14 bits per heavy atom. The average molecular weight is 529 g/mol. The van der Waals surface area contributed by atoms with E-state index in [4.69, 9.17) is 11.6 Å². The van der Waals surface area contributed by atoms with Crippen molar-refractivity contribution in [2.45, 2.75) is 24.4 Å². The number of rotatable bonds is 6. The SMILES string of the molecule is C[C@@H]1CN(c2ccc(S(=O)(=O)Nc3ccncn3)cc2)CCN1C(=O)Cn1ccc2cccc(Cl)c21.[HH].[HH]. The molecule has 0 bridgehead atoms. The summed E-state index contributed by atoms with van der Waals surface area (Å²) < 4.78 is 29.6. The number of benzene rings is 2. The number of nitrogens with one attached hydrogen (secondary N) is 1. The van der Waals surface area contributed by atoms with Gasteiger partial charge in [-0.25, -0.2) is 18.4 Å². The first-order valence-corrected chi connectivity index (χ1v) is 13.3. The first kappa shape index (κ1) is 24.1. The number of sulfonamides is 1. The number of hydrogen-bond acceptors (Lipinski definition) is 6. The van der Waals surface area contributed by atoms with Gasteiger partial charge < -0.3 is 14.4 Å². The summed E-state index contributed by atoms with van der Waals surface area (Å²) in [6.45, 7) is 4.11. The monoisotopic (exact) mass is 528 g/mol. The quantitative estimate of drug-likeness (QED) is 0.404. The van der Waals surface area contributed by atoms with Gasteiger partial charge in [-0.1, -0.05) is 23.7 Å². The molecule has 0 saturated carbocycles. The molecule has 11 heteroatoms. The van der Waals surface area contributed by atoms with E-state index in [9.17, 15) is 13.2 Å². The van der Waals surface area contributed by atoms with Gasteiger partial charge in [0.05, 0.1) is 15.4 Å². The smallest absolute Gasteiger partial charge is 0.263 e. The lowest BCUT2D eigenvalue weighted by Crippen LogP contribution is -2.54. The van der Waals surface area contributed by atoms with Crippen LogP contribution in [0.1, 0.15) is 9.78 Å². The Balaban J connectivity index is 0.00000200. The second-order valence-corrected chi connectivity index (χ2v) is 10.8. The van der Waals surface area contributed by atoms with Crippen LogP contribution in [0.15, 0.2) is 78.2 Å². The van der Waals surface area contributed by atoms with Crippen LogP contribution in [0.25, 0.3) is 10.9 Å². The molecule has 36 heavy (non-hydrogen) atoms. The first-order valence-electron chi connectivity index (χ1n) is 11.5. The van der Waals surface area contributed by atoms with Crippen LogP contribution < -0.4 is 9.62 Å². The van der Waals surface area contributed by atoms with Crippen molar-refractivity contribution in [3.8, 4) is 0 Å². The van der Waals surface area contributed by atoms with Gasteiger partial charge in [0.2, 0.25) is 5.91 Å². The molecule has 1 fully saturated rings. The summed E-state index contributed by atoms with van der Waals surface area (Å²) in [5.41, 5.74) is 1.76. The third-order valence-corrected chi connectivity index (χ3v) is 8.00. The van der Waals surface area contributed by atoms with E-state index >= 15 is 0 Å². The van der Waals surface area contributed by atoms with Crippen LogP contribution in [0.5, 0.6) is 0 Å². The Labute approximate surface area is 217 Å². The zero-order valence-electron chi connectivity index (χ0n) is 19.6. The molecular formula is C25H29ClN6O3S. The van der Waals surface area contributed by atoms with Gasteiger partial charge in [-0.05, 0) is 49.4 Å². The Kier molecular flexibility index (Phi) is 6.55. The predicted molar refractivity (Wildman–Crippen MR) is 144 cm³/mol. The Bertz CT molecular complexity index is 1500. The lowest BCUT2D eigenvalue weighted by Gasteiger charge is -2.41. The van der Waals surface area contributed by atoms with E-state index in [0.29, 0.717) is 24.7 Å². The van der Waals surface area contributed by atoms with E-state index in [-0.39, 0.29) is 32.1 Å². The fraction of sp³-hybridized carbons (Fsp3) is 0.240. The largest absolute Gasteiger partial charge is 0.368 e. The summed E-state index contributed by atoms with van der Waals surface area (Å²) >= 11 is 6.37. The fourth-order valence-electron chi connectivity index (χ4n) is 4.53. The van der Waals surface area contributed by atoms with Crippen LogP contribution in [-0.4, -0.2) is 59.4 Å². The summed E-state index contributed by atoms with van der Waals surface area (Å²) in [6.07, 6.45) is 4.64. The summed E-state index contributed by atoms with van der Waals surface area (Å²) in [4.78, 5) is 25.0. The zero-order chi connectivity index (χ0) is 25.3. The Hall–Kier alpha value is -3.63. The molecule has 190 valence electrons. The number of amides is 1. The molecule has 2 aromatic carbocycles. The molecule has 1 aliphatic heterocycles. The van der Waals surface area contributed by atoms with Crippen LogP contribution >= 0.6 is 11.6 Å². The highest BCUT2D eigenvalue weighted by atomic mass is 35.5. The zero-order valence-corrected chi connectivity index (χ0v) is 21.2. The number of piperazine rings is 1. The van der Waals surface area contributed by atoms with E-state index in [1.165, 1.54) is 18.6 Å². The number of nitrogens with zero attached hydrogens (tertiary/aromatic N) is 5. The minimum atomic E-state index is -3.76. The van der Waals surface area contributed by atoms with Gasteiger partial charge in [-0.3, -0.25) is 9.52 Å². The molecule has 9 nitrogen and oxygen atoms in total. The molecule has 1 saturated heterocycles. The Morgan fingerprint density at radius 2 is 1.94 bits per heavy atom. The van der Waals surface area contributed by atoms with Crippen LogP contribution in [-0.2, 0) is 21.4 Å². The molecule has 0 unspecified atom stereocenters. The third-order valence-electron chi connectivity index (χ3n) is 6.33. The van der Waals surface area contributed by atoms with Gasteiger partial charge in [0.15, 0.2) is 0 Å². The van der Waals surface area contributed by atoms with Crippen molar-refractivity contribution in [1.82, 2.24) is 19.4 Å². The first-order chi connectivity index (χ1) is 17.3. The minimum absolute atomic E-state index is 0. The molecule has 0 radical (unpaired) electrons. The number of aromatic nitrogens is 3. The van der Waals surface area contributed by atoms with E-state index in [1.807, 2.05) is 46.9 Å². The molecule has 1 atom stereocenters. The molecule has 2 aromatic heterocycles. The normalized spacial score (nSPS) is 16.3. The van der Waals surface area contributed by atoms with Gasteiger partial charge in [0.1, 0.15) is 18.7 Å². The van der Waals surface area contributed by atoms with Crippen molar-refractivity contribution in [2.24, 2.45) is 0 Å². The number of hydrogen-bond donors (Lipinski definition) is 1. The van der Waals surface area contributed by atoms with Gasteiger partial charge in [0.25, 0.3) is 10.0 Å². The van der Waals surface area contributed by atoms with E-state index in [2.05, 4.69) is 19.6 Å². The molecule has 0 spiro atoms. The Morgan fingerprint density at radius 3 is 2.67 bits per heavy atom. The third kappa shape index (κ3) is 4.87. The highest BCUT2D eigenvalue weighted by Gasteiger charge is 2.28. The van der Waals surface area contributed by atoms with Crippen molar-refractivity contribution in [3.05, 3.63) is 78.3 Å². The summed E-state index contributed by atoms with van der Waals surface area (Å²) in [7, 11) is -3.76. The van der Waals surface area contributed by atoms with Crippen molar-refractivity contribution in [1.29, 1.82) is 0 Å². The summed E-state index contributed by atoms with van der Waals surface area (Å²) in [5, 5.41) is 1.63. The lowest BCUT2D eigenvalue weighted by atomic mass is 10.1. The number of carbonyl (C=O) groups is 1. The van der Waals surface area contributed by atoms with E-state index in [0.717, 1.165) is 16.6 Å². The van der Waals surface area contributed by atoms with Crippen LogP contribution in [0.2, 0.25) is 5.02 Å². The summed E-state index contributed by atoms with van der Waals surface area (Å²) in [5.74, 6) is 0.246. The molecule has 1 N–H and O–H groups in total. The number of halogens is 1. The lowest BCUT2D eigenvalue weighted by molar-refractivity contribution is -0.134. The van der Waals surface area contributed by atoms with Crippen LogP contribution in [0.3, 0.4) is 0 Å². The molecule has 0 aliphatic carbocycles. The van der Waals surface area contributed by atoms with E-state index in [1.54, 1.807) is 24.3 Å². The van der Waals surface area contributed by atoms with Gasteiger partial charge in [-0.2, -0.15) is 0 Å². The van der Waals surface area contributed by atoms with Crippen molar-refractivity contribution in [2.75, 3.05) is 29.3 Å². The average Bonchev–Trinajstić information content (AvgIpc) is 3.28. The second kappa shape index (κ2) is 9.79. The van der Waals surface area contributed by atoms with Crippen molar-refractivity contribution in [3.63, 3.8) is 0 Å². The van der Waals surface area contributed by atoms with Gasteiger partial charge >= 0.3 is 0 Å². The standard InChI is InChI=1S/C25H25ClN6O3S.2H2/c1-18-15-30(20-5-7-21(8-6-20)36(34,35)29-23-9-11-27-17-28-23)13-14-32(18)24(33)16-31-12-10-19-3-2-4-22(26)25(19)31;;/h2-12,17-18H,13-16H2,1H3,(H,27,28,29);2*1H/t18-;;/m1../s1. The molecular weight excluding hydrogens is 500 g/mol. The topological polar surface area (TPSA) is 100 Å². The maximum absolute atomic E-state index is 13.1. The van der Waals surface area contributed by atoms with Crippen molar-refractivity contribution >= 4 is 49.9 Å². The second-order valence-electron chi connectivity index (χ2n) is 8.70. The predicted octanol–water partition coefficient (Wildman–Crippen LogP) is 4.11. The minimum Gasteiger partial charge on any atom is -0.368 e. The molecule has 3 heterocycles. The number of para-hydroxylation sites is 1. The maximum Gasteiger partial charge on any atom is 0.263 e. The van der Waals surface area contributed by atoms with Gasteiger partial charge in [-0.15, -0.1) is 0 Å². The molecule has 5 rings (SSSR count). The highest BCUT2D eigenvalue weighted by molar-refractivity contribution is 7.92. The molecule has 1 aliphatic rings. The molecule has 1 amide bonds. The number of fused-ring (bicyclic) bond motifs is 1. The van der Waals surface area contributed by atoms with Crippen molar-refractivity contribution < 1.29 is 16.1 Å². The van der Waals surface area contributed by atoms with Crippen LogP contribution in [0.4, 0.5) is 11.5 Å². The molecule has 4 aromatic rings. The number of anilines is 2.